The molecule has 0 aliphatic carbocycles. The van der Waals surface area contributed by atoms with Gasteiger partial charge in [-0.25, -0.2) is 4.59 Å². The standard InChI is InChI=1S/C5H14IN2O/c1-6-7-8(2,3)5-9-4/h7H,1,5H2,2-4H3/q+1. The second kappa shape index (κ2) is 4.32. The van der Waals surface area contributed by atoms with Crippen molar-refractivity contribution in [1.29, 1.82) is 0 Å². The third-order valence-electron chi connectivity index (χ3n) is 0.740. The first-order valence-electron chi connectivity index (χ1n) is 2.59. The minimum Gasteiger partial charge on any atom is -0.333 e. The van der Waals surface area contributed by atoms with Gasteiger partial charge in [0.15, 0.2) is 0 Å². The fourth-order valence-electron chi connectivity index (χ4n) is 0.509. The topological polar surface area (TPSA) is 21.3 Å². The molecule has 0 rings (SSSR count). The molecule has 0 saturated carbocycles. The van der Waals surface area contributed by atoms with Crippen LogP contribution in [0, 0.1) is 0 Å². The summed E-state index contributed by atoms with van der Waals surface area (Å²) in [6.07, 6.45) is 0. The minimum atomic E-state index is -0.103. The number of nitrogens with zero attached hydrogens (tertiary/aromatic N) is 1. The Balaban J connectivity index is 3.55. The van der Waals surface area contributed by atoms with Crippen LogP contribution in [0.15, 0.2) is 0 Å². The van der Waals surface area contributed by atoms with E-state index in [1.807, 2.05) is 0 Å². The molecule has 0 bridgehead atoms. The van der Waals surface area contributed by atoms with Crippen LogP contribution in [-0.2, 0) is 4.74 Å². The summed E-state index contributed by atoms with van der Waals surface area (Å²) in [7, 11) is 5.80. The van der Waals surface area contributed by atoms with Gasteiger partial charge in [0.1, 0.15) is 0 Å². The molecule has 0 heterocycles. The van der Waals surface area contributed by atoms with E-state index >= 15 is 0 Å². The molecule has 3 nitrogen and oxygen atoms in total. The van der Waals surface area contributed by atoms with E-state index in [0.29, 0.717) is 11.3 Å². The Kier molecular flexibility index (Phi) is 4.55. The molecule has 0 radical (unpaired) electrons. The zero-order valence-corrected chi connectivity index (χ0v) is 8.31. The molecular weight excluding hydrogens is 231 g/mol. The van der Waals surface area contributed by atoms with E-state index in [-0.39, 0.29) is 21.0 Å². The van der Waals surface area contributed by atoms with Crippen molar-refractivity contribution in [2.24, 2.45) is 0 Å². The van der Waals surface area contributed by atoms with Gasteiger partial charge in [-0.1, -0.05) is 4.51 Å². The molecule has 0 unspecified atom stereocenters. The van der Waals surface area contributed by atoms with Crippen molar-refractivity contribution in [3.8, 4) is 0 Å². The van der Waals surface area contributed by atoms with Gasteiger partial charge in [0, 0.05) is 28.1 Å². The van der Waals surface area contributed by atoms with E-state index in [9.17, 15) is 0 Å². The summed E-state index contributed by atoms with van der Waals surface area (Å²) in [6.45, 7) is 0.690. The van der Waals surface area contributed by atoms with Crippen LogP contribution in [0.25, 0.3) is 0 Å². The third-order valence-corrected chi connectivity index (χ3v) is 2.39. The maximum absolute atomic E-state index is 4.96. The number of hydrogen-bond acceptors (Lipinski definition) is 2. The number of hydrogen-bond donors (Lipinski definition) is 1. The predicted octanol–water partition coefficient (Wildman–Crippen LogP) is 0.489. The number of halogens is 1. The average molecular weight is 245 g/mol. The van der Waals surface area contributed by atoms with Gasteiger partial charge in [-0.15, -0.1) is 3.64 Å². The van der Waals surface area contributed by atoms with Gasteiger partial charge in [0.2, 0.25) is 6.73 Å². The number of rotatable bonds is 4. The summed E-state index contributed by atoms with van der Waals surface area (Å²) in [4.78, 5) is 0. The first-order chi connectivity index (χ1) is 4.12. The number of quaternary nitrogens is 1. The van der Waals surface area contributed by atoms with Gasteiger partial charge in [-0.05, 0) is 0 Å². The molecule has 0 aliphatic heterocycles. The second-order valence-corrected chi connectivity index (χ2v) is 3.57. The predicted molar refractivity (Wildman–Crippen MR) is 48.3 cm³/mol. The van der Waals surface area contributed by atoms with Crippen molar-refractivity contribution < 1.29 is 9.33 Å². The maximum Gasteiger partial charge on any atom is 0.200 e. The van der Waals surface area contributed by atoms with E-state index in [2.05, 4.69) is 22.2 Å². The summed E-state index contributed by atoms with van der Waals surface area (Å²) in [6, 6.07) is 0. The van der Waals surface area contributed by atoms with Gasteiger partial charge in [-0.3, -0.25) is 0 Å². The van der Waals surface area contributed by atoms with E-state index in [0.717, 1.165) is 0 Å². The van der Waals surface area contributed by atoms with Gasteiger partial charge in [0.25, 0.3) is 0 Å². The van der Waals surface area contributed by atoms with Crippen molar-refractivity contribution in [3.05, 3.63) is 0 Å². The quantitative estimate of drug-likeness (QED) is 0.256. The highest BCUT2D eigenvalue weighted by molar-refractivity contribution is 14.2. The first-order valence-corrected chi connectivity index (χ1v) is 5.19. The minimum absolute atomic E-state index is 0.103. The van der Waals surface area contributed by atoms with Crippen LogP contribution in [0.3, 0.4) is 0 Å². The lowest BCUT2D eigenvalue weighted by atomic mass is 10.9. The van der Waals surface area contributed by atoms with Crippen LogP contribution in [0.4, 0.5) is 0 Å². The highest BCUT2D eigenvalue weighted by atomic mass is 127. The van der Waals surface area contributed by atoms with Crippen LogP contribution in [0.5, 0.6) is 0 Å². The van der Waals surface area contributed by atoms with E-state index in [4.69, 9.17) is 4.74 Å². The molecule has 56 valence electrons. The fraction of sp³-hybridized carbons (Fsp3) is 0.800. The van der Waals surface area contributed by atoms with Crippen LogP contribution in [-0.4, -0.2) is 37.0 Å². The lowest BCUT2D eigenvalue weighted by Crippen LogP contribution is -2.48. The van der Waals surface area contributed by atoms with Crippen LogP contribution >= 0.6 is 21.0 Å². The Morgan fingerprint density at radius 3 is 2.56 bits per heavy atom. The molecule has 0 atom stereocenters. The van der Waals surface area contributed by atoms with Crippen LogP contribution < -0.4 is 3.64 Å². The fourth-order valence-corrected chi connectivity index (χ4v) is 1.57. The van der Waals surface area contributed by atoms with Crippen LogP contribution in [0.2, 0.25) is 0 Å². The summed E-state index contributed by atoms with van der Waals surface area (Å²) in [5, 5.41) is 0. The third kappa shape index (κ3) is 4.95. The van der Waals surface area contributed by atoms with Gasteiger partial charge < -0.3 is 4.74 Å². The smallest absolute Gasteiger partial charge is 0.200 e. The lowest BCUT2D eigenvalue weighted by Gasteiger charge is -2.25. The highest BCUT2D eigenvalue weighted by Crippen LogP contribution is 1.95. The molecule has 0 aliphatic rings. The Bertz CT molecular complexity index is 95.0. The Morgan fingerprint density at radius 1 is 1.67 bits per heavy atom. The van der Waals surface area contributed by atoms with Crippen LogP contribution in [0.1, 0.15) is 0 Å². The van der Waals surface area contributed by atoms with Crippen molar-refractivity contribution in [2.45, 2.75) is 0 Å². The summed E-state index contributed by atoms with van der Waals surface area (Å²) >= 11 is -0.103. The molecule has 4 heteroatoms. The molecule has 0 aromatic heterocycles. The lowest BCUT2D eigenvalue weighted by molar-refractivity contribution is -0.932. The molecule has 1 N–H and O–H groups in total. The molecule has 0 aromatic carbocycles. The monoisotopic (exact) mass is 245 g/mol. The van der Waals surface area contributed by atoms with Crippen molar-refractivity contribution in [1.82, 2.24) is 3.64 Å². The summed E-state index contributed by atoms with van der Waals surface area (Å²) in [5.74, 6) is 0. The van der Waals surface area contributed by atoms with Crippen molar-refractivity contribution >= 4 is 25.5 Å². The number of nitrogens with one attached hydrogen (secondary N) is 1. The van der Waals surface area contributed by atoms with E-state index < -0.39 is 0 Å². The van der Waals surface area contributed by atoms with E-state index in [1.54, 1.807) is 7.11 Å². The Morgan fingerprint density at radius 2 is 2.22 bits per heavy atom. The molecule has 0 aromatic rings. The molecular formula is C5H14IN2O+. The highest BCUT2D eigenvalue weighted by Gasteiger charge is 2.10. The molecule has 0 spiro atoms. The Hall–Kier alpha value is 0.480. The first kappa shape index (κ1) is 9.48. The number of methoxy groups -OCH3 is 1. The van der Waals surface area contributed by atoms with Crippen molar-refractivity contribution in [3.63, 3.8) is 0 Å². The summed E-state index contributed by atoms with van der Waals surface area (Å²) < 4.78 is 12.7. The van der Waals surface area contributed by atoms with Gasteiger partial charge in [-0.2, -0.15) is 0 Å². The zero-order chi connectivity index (χ0) is 7.33. The van der Waals surface area contributed by atoms with Gasteiger partial charge >= 0.3 is 0 Å². The molecule has 9 heavy (non-hydrogen) atoms. The SMILES string of the molecule is C=IN[N+](C)(C)COC. The maximum atomic E-state index is 4.96. The zero-order valence-electron chi connectivity index (χ0n) is 6.15. The van der Waals surface area contributed by atoms with Crippen molar-refractivity contribution in [2.75, 3.05) is 27.9 Å². The molecule has 0 saturated heterocycles. The normalized spacial score (nSPS) is 11.9. The number of ether oxygens (including phenoxy) is 1. The largest absolute Gasteiger partial charge is 0.333 e. The second-order valence-electron chi connectivity index (χ2n) is 2.32. The summed E-state index contributed by atoms with van der Waals surface area (Å²) in [5.41, 5.74) is 0. The average Bonchev–Trinajstić information content (AvgIpc) is 1.64. The molecule has 0 fully saturated rings. The Labute approximate surface area is 66.7 Å². The molecule has 0 amide bonds. The van der Waals surface area contributed by atoms with E-state index in [1.165, 1.54) is 0 Å². The van der Waals surface area contributed by atoms with Gasteiger partial charge in [0.05, 0.1) is 14.1 Å².